The molecule has 0 aliphatic carbocycles. The molecule has 1 aromatic carbocycles. The number of rotatable bonds is 4. The first-order chi connectivity index (χ1) is 11.2. The van der Waals surface area contributed by atoms with Gasteiger partial charge < -0.3 is 15.0 Å². The number of hydrogen-bond acceptors (Lipinski definition) is 5. The summed E-state index contributed by atoms with van der Waals surface area (Å²) in [5.41, 5.74) is 0.451. The van der Waals surface area contributed by atoms with E-state index in [1.54, 1.807) is 17.0 Å². The van der Waals surface area contributed by atoms with E-state index in [2.05, 4.69) is 5.32 Å². The van der Waals surface area contributed by atoms with E-state index in [9.17, 15) is 14.9 Å². The van der Waals surface area contributed by atoms with Crippen molar-refractivity contribution in [2.24, 2.45) is 0 Å². The summed E-state index contributed by atoms with van der Waals surface area (Å²) in [5, 5.41) is 14.2. The zero-order chi connectivity index (χ0) is 17.7. The average molecular weight is 335 g/mol. The molecule has 1 aliphatic heterocycles. The van der Waals surface area contributed by atoms with Crippen LogP contribution in [0.2, 0.25) is 0 Å². The van der Waals surface area contributed by atoms with Crippen molar-refractivity contribution in [1.82, 2.24) is 10.2 Å². The predicted molar refractivity (Wildman–Crippen MR) is 90.8 cm³/mol. The van der Waals surface area contributed by atoms with Gasteiger partial charge in [0.15, 0.2) is 0 Å². The number of nitro benzene ring substituents is 1. The quantitative estimate of drug-likeness (QED) is 0.675. The van der Waals surface area contributed by atoms with Gasteiger partial charge in [-0.25, -0.2) is 4.79 Å². The van der Waals surface area contributed by atoms with Gasteiger partial charge in [-0.05, 0) is 39.2 Å². The van der Waals surface area contributed by atoms with Gasteiger partial charge in [-0.15, -0.1) is 0 Å². The van der Waals surface area contributed by atoms with Crippen molar-refractivity contribution in [1.29, 1.82) is 0 Å². The number of piperidine rings is 1. The van der Waals surface area contributed by atoms with Gasteiger partial charge in [-0.3, -0.25) is 10.1 Å². The number of carbonyl (C=O) groups excluding carboxylic acids is 1. The minimum atomic E-state index is -0.500. The molecule has 0 saturated carbocycles. The maximum Gasteiger partial charge on any atom is 0.410 e. The third-order valence-corrected chi connectivity index (χ3v) is 3.79. The summed E-state index contributed by atoms with van der Waals surface area (Å²) < 4.78 is 5.41. The number of hydrogen-bond donors (Lipinski definition) is 1. The van der Waals surface area contributed by atoms with Crippen LogP contribution >= 0.6 is 0 Å². The summed E-state index contributed by atoms with van der Waals surface area (Å²) in [6, 6.07) is 6.75. The largest absolute Gasteiger partial charge is 0.444 e. The lowest BCUT2D eigenvalue weighted by atomic mass is 10.1. The minimum Gasteiger partial charge on any atom is -0.444 e. The van der Waals surface area contributed by atoms with Crippen LogP contribution in [0.25, 0.3) is 0 Å². The van der Waals surface area contributed by atoms with E-state index in [0.29, 0.717) is 19.6 Å². The number of benzene rings is 1. The minimum absolute atomic E-state index is 0.0910. The van der Waals surface area contributed by atoms with E-state index in [1.165, 1.54) is 6.07 Å². The van der Waals surface area contributed by atoms with Gasteiger partial charge in [0.1, 0.15) is 5.60 Å². The van der Waals surface area contributed by atoms with E-state index in [0.717, 1.165) is 18.4 Å². The average Bonchev–Trinajstić information content (AvgIpc) is 2.52. The fraction of sp³-hybridized carbons (Fsp3) is 0.588. The first kappa shape index (κ1) is 18.2. The Labute approximate surface area is 142 Å². The first-order valence-electron chi connectivity index (χ1n) is 8.19. The molecule has 1 fully saturated rings. The molecule has 1 heterocycles. The summed E-state index contributed by atoms with van der Waals surface area (Å²) in [5.74, 6) is 0. The molecule has 0 aromatic heterocycles. The van der Waals surface area contributed by atoms with Crippen LogP contribution in [-0.2, 0) is 11.3 Å². The molecule has 0 bridgehead atoms. The Morgan fingerprint density at radius 2 is 2.21 bits per heavy atom. The van der Waals surface area contributed by atoms with Crippen molar-refractivity contribution in [2.75, 3.05) is 13.1 Å². The second-order valence-corrected chi connectivity index (χ2v) is 7.07. The number of amides is 1. The third-order valence-electron chi connectivity index (χ3n) is 3.79. The lowest BCUT2D eigenvalue weighted by Gasteiger charge is -2.34. The molecule has 0 radical (unpaired) electrons. The lowest BCUT2D eigenvalue weighted by molar-refractivity contribution is -0.384. The highest BCUT2D eigenvalue weighted by atomic mass is 16.6. The van der Waals surface area contributed by atoms with Gasteiger partial charge in [0, 0.05) is 37.8 Å². The Hall–Kier alpha value is -2.15. The number of carbonyl (C=O) groups is 1. The smallest absolute Gasteiger partial charge is 0.410 e. The highest BCUT2D eigenvalue weighted by molar-refractivity contribution is 5.68. The normalized spacial score (nSPS) is 18.3. The fourth-order valence-electron chi connectivity index (χ4n) is 2.68. The van der Waals surface area contributed by atoms with E-state index in [1.807, 2.05) is 26.8 Å². The monoisotopic (exact) mass is 335 g/mol. The van der Waals surface area contributed by atoms with Crippen LogP contribution in [0, 0.1) is 10.1 Å². The summed E-state index contributed by atoms with van der Waals surface area (Å²) in [4.78, 5) is 24.3. The summed E-state index contributed by atoms with van der Waals surface area (Å²) in [6.07, 6.45) is 1.59. The Morgan fingerprint density at radius 1 is 1.46 bits per heavy atom. The van der Waals surface area contributed by atoms with E-state index in [-0.39, 0.29) is 17.8 Å². The molecule has 2 rings (SSSR count). The van der Waals surface area contributed by atoms with Crippen LogP contribution in [-0.4, -0.2) is 40.6 Å². The SMILES string of the molecule is CC(C)(C)OC(=O)N1CCC[C@H](NCc2cccc([N+](=O)[O-])c2)C1. The van der Waals surface area contributed by atoms with Crippen LogP contribution in [0.15, 0.2) is 24.3 Å². The molecule has 1 saturated heterocycles. The van der Waals surface area contributed by atoms with Crippen LogP contribution in [0.4, 0.5) is 10.5 Å². The van der Waals surface area contributed by atoms with Crippen molar-refractivity contribution in [2.45, 2.75) is 51.8 Å². The maximum atomic E-state index is 12.2. The van der Waals surface area contributed by atoms with E-state index in [4.69, 9.17) is 4.74 Å². The Bertz CT molecular complexity index is 598. The molecule has 24 heavy (non-hydrogen) atoms. The van der Waals surface area contributed by atoms with Crippen LogP contribution < -0.4 is 5.32 Å². The molecule has 0 spiro atoms. The molecule has 132 valence electrons. The van der Waals surface area contributed by atoms with Crippen molar-refractivity contribution < 1.29 is 14.5 Å². The molecule has 7 heteroatoms. The van der Waals surface area contributed by atoms with E-state index < -0.39 is 10.5 Å². The van der Waals surface area contributed by atoms with Gasteiger partial charge in [0.05, 0.1) is 4.92 Å². The standard InChI is InChI=1S/C17H25N3O4/c1-17(2,3)24-16(21)19-9-5-7-14(12-19)18-11-13-6-4-8-15(10-13)20(22)23/h4,6,8,10,14,18H,5,7,9,11-12H2,1-3H3/t14-/m0/s1. The highest BCUT2D eigenvalue weighted by Gasteiger charge is 2.27. The highest BCUT2D eigenvalue weighted by Crippen LogP contribution is 2.17. The predicted octanol–water partition coefficient (Wildman–Crippen LogP) is 3.08. The number of nitrogens with one attached hydrogen (secondary N) is 1. The van der Waals surface area contributed by atoms with Crippen molar-refractivity contribution in [3.63, 3.8) is 0 Å². The number of non-ortho nitro benzene ring substituents is 1. The number of likely N-dealkylation sites (tertiary alicyclic amines) is 1. The summed E-state index contributed by atoms with van der Waals surface area (Å²) in [6.45, 7) is 7.38. The van der Waals surface area contributed by atoms with Crippen molar-refractivity contribution in [3.8, 4) is 0 Å². The van der Waals surface area contributed by atoms with Crippen LogP contribution in [0.1, 0.15) is 39.2 Å². The summed E-state index contributed by atoms with van der Waals surface area (Å²) in [7, 11) is 0. The van der Waals surface area contributed by atoms with Crippen molar-refractivity contribution >= 4 is 11.8 Å². The molecule has 1 aliphatic rings. The number of nitro groups is 1. The molecular weight excluding hydrogens is 310 g/mol. The number of nitrogens with zero attached hydrogens (tertiary/aromatic N) is 2. The zero-order valence-corrected chi connectivity index (χ0v) is 14.4. The molecule has 1 amide bonds. The van der Waals surface area contributed by atoms with Crippen LogP contribution in [0.5, 0.6) is 0 Å². The maximum absolute atomic E-state index is 12.2. The fourth-order valence-corrected chi connectivity index (χ4v) is 2.68. The molecule has 1 aromatic rings. The lowest BCUT2D eigenvalue weighted by Crippen LogP contribution is -2.49. The Kier molecular flexibility index (Phi) is 5.77. The van der Waals surface area contributed by atoms with Gasteiger partial charge in [-0.2, -0.15) is 0 Å². The second kappa shape index (κ2) is 7.61. The molecular formula is C17H25N3O4. The third kappa shape index (κ3) is 5.49. The van der Waals surface area contributed by atoms with Gasteiger partial charge in [-0.1, -0.05) is 12.1 Å². The molecule has 1 N–H and O–H groups in total. The van der Waals surface area contributed by atoms with Crippen molar-refractivity contribution in [3.05, 3.63) is 39.9 Å². The number of ether oxygens (including phenoxy) is 1. The Balaban J connectivity index is 1.88. The van der Waals surface area contributed by atoms with Gasteiger partial charge >= 0.3 is 6.09 Å². The van der Waals surface area contributed by atoms with E-state index >= 15 is 0 Å². The topological polar surface area (TPSA) is 84.7 Å². The molecule has 7 nitrogen and oxygen atoms in total. The van der Waals surface area contributed by atoms with Gasteiger partial charge in [0.2, 0.25) is 0 Å². The summed E-state index contributed by atoms with van der Waals surface area (Å²) >= 11 is 0. The molecule has 1 atom stereocenters. The zero-order valence-electron chi connectivity index (χ0n) is 14.4. The first-order valence-corrected chi connectivity index (χ1v) is 8.19. The molecule has 0 unspecified atom stereocenters. The van der Waals surface area contributed by atoms with Gasteiger partial charge in [0.25, 0.3) is 5.69 Å². The second-order valence-electron chi connectivity index (χ2n) is 7.07. The van der Waals surface area contributed by atoms with Crippen LogP contribution in [0.3, 0.4) is 0 Å². The Morgan fingerprint density at radius 3 is 2.88 bits per heavy atom.